The second kappa shape index (κ2) is 14.3. The SMILES string of the molecule is CCCCCCCCCCCC(=O)O[C@@H](C(=O)OC)[C@H](O)C(C)C. The molecule has 0 heterocycles. The first-order chi connectivity index (χ1) is 11.4. The molecule has 0 aromatic heterocycles. The van der Waals surface area contributed by atoms with Crippen LogP contribution >= 0.6 is 0 Å². The van der Waals surface area contributed by atoms with E-state index in [4.69, 9.17) is 4.74 Å². The van der Waals surface area contributed by atoms with Crippen molar-refractivity contribution in [2.24, 2.45) is 5.92 Å². The molecule has 0 aromatic rings. The molecule has 0 aliphatic heterocycles. The summed E-state index contributed by atoms with van der Waals surface area (Å²) < 4.78 is 9.74. The van der Waals surface area contributed by atoms with E-state index in [2.05, 4.69) is 11.7 Å². The lowest BCUT2D eigenvalue weighted by atomic mass is 10.0. The number of aliphatic hydroxyl groups excluding tert-OH is 1. The molecule has 0 saturated heterocycles. The Morgan fingerprint density at radius 3 is 1.88 bits per heavy atom. The van der Waals surface area contributed by atoms with Gasteiger partial charge in [0.1, 0.15) is 6.10 Å². The van der Waals surface area contributed by atoms with Crippen LogP contribution < -0.4 is 0 Å². The molecular weight excluding hydrogens is 308 g/mol. The number of hydrogen-bond donors (Lipinski definition) is 1. The van der Waals surface area contributed by atoms with Crippen molar-refractivity contribution in [2.45, 2.75) is 97.2 Å². The zero-order chi connectivity index (χ0) is 18.4. The van der Waals surface area contributed by atoms with E-state index in [0.717, 1.165) is 19.3 Å². The quantitative estimate of drug-likeness (QED) is 0.381. The Labute approximate surface area is 147 Å². The predicted molar refractivity (Wildman–Crippen MR) is 94.6 cm³/mol. The van der Waals surface area contributed by atoms with E-state index < -0.39 is 24.1 Å². The maximum absolute atomic E-state index is 11.9. The summed E-state index contributed by atoms with van der Waals surface area (Å²) in [6.45, 7) is 5.73. The number of rotatable bonds is 14. The fraction of sp³-hybridized carbons (Fsp3) is 0.895. The fourth-order valence-corrected chi connectivity index (χ4v) is 2.50. The summed E-state index contributed by atoms with van der Waals surface area (Å²) in [4.78, 5) is 23.5. The van der Waals surface area contributed by atoms with E-state index in [0.29, 0.717) is 0 Å². The van der Waals surface area contributed by atoms with Gasteiger partial charge in [-0.05, 0) is 12.3 Å². The predicted octanol–water partition coefficient (Wildman–Crippen LogP) is 4.01. The number of methoxy groups -OCH3 is 1. The number of carbonyl (C=O) groups excluding carboxylic acids is 2. The minimum atomic E-state index is -1.24. The molecule has 2 atom stereocenters. The molecule has 24 heavy (non-hydrogen) atoms. The molecule has 142 valence electrons. The lowest BCUT2D eigenvalue weighted by molar-refractivity contribution is -0.176. The van der Waals surface area contributed by atoms with Crippen LogP contribution in [-0.2, 0) is 19.1 Å². The largest absolute Gasteiger partial charge is 0.466 e. The minimum Gasteiger partial charge on any atom is -0.466 e. The Balaban J connectivity index is 3.91. The van der Waals surface area contributed by atoms with Gasteiger partial charge in [0.25, 0.3) is 0 Å². The summed E-state index contributed by atoms with van der Waals surface area (Å²) in [5, 5.41) is 9.99. The molecule has 1 N–H and O–H groups in total. The van der Waals surface area contributed by atoms with Crippen LogP contribution in [0.3, 0.4) is 0 Å². The molecule has 5 heteroatoms. The van der Waals surface area contributed by atoms with Crippen molar-refractivity contribution in [3.8, 4) is 0 Å². The van der Waals surface area contributed by atoms with Crippen LogP contribution in [0.15, 0.2) is 0 Å². The second-order valence-electron chi connectivity index (χ2n) is 6.75. The normalized spacial score (nSPS) is 13.6. The number of aliphatic hydroxyl groups is 1. The van der Waals surface area contributed by atoms with Gasteiger partial charge in [0, 0.05) is 6.42 Å². The molecule has 0 amide bonds. The Morgan fingerprint density at radius 1 is 0.917 bits per heavy atom. The molecule has 0 unspecified atom stereocenters. The van der Waals surface area contributed by atoms with Crippen molar-refractivity contribution in [3.05, 3.63) is 0 Å². The summed E-state index contributed by atoms with van der Waals surface area (Å²) in [7, 11) is 1.22. The Morgan fingerprint density at radius 2 is 1.42 bits per heavy atom. The number of esters is 2. The average Bonchev–Trinajstić information content (AvgIpc) is 2.56. The zero-order valence-corrected chi connectivity index (χ0v) is 15.9. The maximum Gasteiger partial charge on any atom is 0.349 e. The minimum absolute atomic E-state index is 0.199. The van der Waals surface area contributed by atoms with Gasteiger partial charge in [-0.3, -0.25) is 4.79 Å². The van der Waals surface area contributed by atoms with Gasteiger partial charge >= 0.3 is 11.9 Å². The van der Waals surface area contributed by atoms with E-state index in [-0.39, 0.29) is 12.3 Å². The van der Waals surface area contributed by atoms with Crippen molar-refractivity contribution >= 4 is 11.9 Å². The molecule has 0 rings (SSSR count). The van der Waals surface area contributed by atoms with Crippen LogP contribution in [0.25, 0.3) is 0 Å². The summed E-state index contributed by atoms with van der Waals surface area (Å²) in [6, 6.07) is 0. The van der Waals surface area contributed by atoms with E-state index in [1.165, 1.54) is 45.6 Å². The monoisotopic (exact) mass is 344 g/mol. The average molecular weight is 344 g/mol. The molecule has 0 spiro atoms. The summed E-state index contributed by atoms with van der Waals surface area (Å²) in [5.74, 6) is -1.36. The molecule has 0 aliphatic carbocycles. The van der Waals surface area contributed by atoms with Crippen LogP contribution in [0.2, 0.25) is 0 Å². The molecule has 0 fully saturated rings. The Bertz CT molecular complexity index is 341. The van der Waals surface area contributed by atoms with E-state index in [9.17, 15) is 14.7 Å². The van der Waals surface area contributed by atoms with Gasteiger partial charge < -0.3 is 14.6 Å². The molecule has 0 aromatic carbocycles. The van der Waals surface area contributed by atoms with Crippen LogP contribution in [0.1, 0.15) is 85.0 Å². The topological polar surface area (TPSA) is 72.8 Å². The first-order valence-electron chi connectivity index (χ1n) is 9.39. The Kier molecular flexibility index (Phi) is 13.6. The van der Waals surface area contributed by atoms with Gasteiger partial charge in [0.05, 0.1) is 7.11 Å². The third kappa shape index (κ3) is 10.6. The number of ether oxygens (including phenoxy) is 2. The first-order valence-corrected chi connectivity index (χ1v) is 9.39. The van der Waals surface area contributed by atoms with E-state index >= 15 is 0 Å². The standard InChI is InChI=1S/C19H36O5/c1-5-6-7-8-9-10-11-12-13-14-16(20)24-18(19(22)23-4)17(21)15(2)3/h15,17-18,21H,5-14H2,1-4H3/t17-,18-/m1/s1. The van der Waals surface area contributed by atoms with Crippen LogP contribution in [0.4, 0.5) is 0 Å². The van der Waals surface area contributed by atoms with Crippen molar-refractivity contribution in [3.63, 3.8) is 0 Å². The van der Waals surface area contributed by atoms with Gasteiger partial charge in [0.2, 0.25) is 6.10 Å². The molecule has 0 aliphatic rings. The number of carbonyl (C=O) groups is 2. The van der Waals surface area contributed by atoms with Gasteiger partial charge in [-0.1, -0.05) is 72.1 Å². The lowest BCUT2D eigenvalue weighted by Gasteiger charge is -2.23. The van der Waals surface area contributed by atoms with Crippen molar-refractivity contribution in [2.75, 3.05) is 7.11 Å². The summed E-state index contributed by atoms with van der Waals surface area (Å²) in [5.41, 5.74) is 0. The van der Waals surface area contributed by atoms with E-state index in [1.807, 2.05) is 0 Å². The van der Waals surface area contributed by atoms with Crippen LogP contribution in [-0.4, -0.2) is 36.4 Å². The molecular formula is C19H36O5. The maximum atomic E-state index is 11.9. The lowest BCUT2D eigenvalue weighted by Crippen LogP contribution is -2.41. The van der Waals surface area contributed by atoms with Gasteiger partial charge in [-0.25, -0.2) is 4.79 Å². The summed E-state index contributed by atoms with van der Waals surface area (Å²) >= 11 is 0. The highest BCUT2D eigenvalue weighted by atomic mass is 16.6. The second-order valence-corrected chi connectivity index (χ2v) is 6.75. The zero-order valence-electron chi connectivity index (χ0n) is 15.9. The molecule has 0 radical (unpaired) electrons. The third-order valence-electron chi connectivity index (χ3n) is 4.17. The van der Waals surface area contributed by atoms with Crippen molar-refractivity contribution in [1.29, 1.82) is 0 Å². The van der Waals surface area contributed by atoms with E-state index in [1.54, 1.807) is 13.8 Å². The van der Waals surface area contributed by atoms with Crippen LogP contribution in [0.5, 0.6) is 0 Å². The molecule has 0 saturated carbocycles. The van der Waals surface area contributed by atoms with Crippen molar-refractivity contribution in [1.82, 2.24) is 0 Å². The van der Waals surface area contributed by atoms with Gasteiger partial charge in [-0.2, -0.15) is 0 Å². The molecule has 5 nitrogen and oxygen atoms in total. The smallest absolute Gasteiger partial charge is 0.349 e. The van der Waals surface area contributed by atoms with Crippen molar-refractivity contribution < 1.29 is 24.2 Å². The highest BCUT2D eigenvalue weighted by molar-refractivity contribution is 5.79. The van der Waals surface area contributed by atoms with Gasteiger partial charge in [-0.15, -0.1) is 0 Å². The third-order valence-corrected chi connectivity index (χ3v) is 4.17. The summed E-state index contributed by atoms with van der Waals surface area (Å²) in [6.07, 6.45) is 8.49. The Hall–Kier alpha value is -1.10. The number of unbranched alkanes of at least 4 members (excludes halogenated alkanes) is 8. The molecule has 0 bridgehead atoms. The first kappa shape index (κ1) is 22.9. The fourth-order valence-electron chi connectivity index (χ4n) is 2.50. The highest BCUT2D eigenvalue weighted by Crippen LogP contribution is 2.14. The number of hydrogen-bond acceptors (Lipinski definition) is 5. The van der Waals surface area contributed by atoms with Crippen LogP contribution in [0, 0.1) is 5.92 Å². The van der Waals surface area contributed by atoms with Gasteiger partial charge in [0.15, 0.2) is 0 Å². The highest BCUT2D eigenvalue weighted by Gasteiger charge is 2.33.